The van der Waals surface area contributed by atoms with Gasteiger partial charge < -0.3 is 37.9 Å². The number of ether oxygens (including phenoxy) is 8. The van der Waals surface area contributed by atoms with E-state index < -0.39 is 35.8 Å². The summed E-state index contributed by atoms with van der Waals surface area (Å²) in [6.45, 7) is 11.9. The van der Waals surface area contributed by atoms with Gasteiger partial charge in [0.1, 0.15) is 37.6 Å². The molecule has 0 spiro atoms. The molecule has 0 saturated heterocycles. The fourth-order valence-corrected chi connectivity index (χ4v) is 17.5. The van der Waals surface area contributed by atoms with E-state index in [4.69, 9.17) is 61.1 Å². The molecule has 1 unspecified atom stereocenters. The molecule has 0 aromatic heterocycles. The van der Waals surface area contributed by atoms with Crippen LogP contribution in [-0.2, 0) is 54.8 Å². The van der Waals surface area contributed by atoms with E-state index in [9.17, 15) is 28.8 Å². The third kappa shape index (κ3) is 16.6. The molecule has 4 aliphatic rings. The van der Waals surface area contributed by atoms with E-state index in [1.165, 1.54) is 92.6 Å². The van der Waals surface area contributed by atoms with Gasteiger partial charge in [0.2, 0.25) is 0 Å². The molecule has 0 bridgehead atoms. The van der Waals surface area contributed by atoms with Crippen LogP contribution in [0, 0.1) is 58.2 Å². The molecule has 4 saturated carbocycles. The summed E-state index contributed by atoms with van der Waals surface area (Å²) in [5.74, 6) is 1.98. The summed E-state index contributed by atoms with van der Waals surface area (Å²) in [4.78, 5) is 80.1. The first-order valence-electron chi connectivity index (χ1n) is 34.3. The summed E-state index contributed by atoms with van der Waals surface area (Å²) in [5, 5.41) is 0.103. The van der Waals surface area contributed by atoms with Gasteiger partial charge in [-0.05, 0) is 241 Å². The summed E-state index contributed by atoms with van der Waals surface area (Å²) < 4.78 is 44.9. The normalized spacial score (nSPS) is 21.9. The zero-order chi connectivity index (χ0) is 69.1. The third-order valence-corrected chi connectivity index (χ3v) is 22.5. The number of hydrogen-bond acceptors (Lipinski definition) is 14. The molecule has 9 atom stereocenters. The van der Waals surface area contributed by atoms with Gasteiger partial charge in [0, 0.05) is 0 Å². The average molecular weight is 1360 g/mol. The molecule has 0 heterocycles. The Morgan fingerprint density at radius 1 is 0.495 bits per heavy atom. The van der Waals surface area contributed by atoms with Crippen LogP contribution in [-0.4, -0.2) is 64.3 Å². The van der Waals surface area contributed by atoms with Crippen LogP contribution in [0.3, 0.4) is 0 Å². The Kier molecular flexibility index (Phi) is 23.8. The molecule has 14 nitrogen and oxygen atoms in total. The van der Waals surface area contributed by atoms with Gasteiger partial charge in [0.25, 0.3) is 0 Å². The van der Waals surface area contributed by atoms with E-state index >= 15 is 0 Å². The van der Waals surface area contributed by atoms with Gasteiger partial charge in [-0.2, -0.15) is 0 Å². The number of benzene rings is 6. The van der Waals surface area contributed by atoms with Crippen molar-refractivity contribution < 1.29 is 66.7 Å². The van der Waals surface area contributed by atoms with Crippen molar-refractivity contribution in [3.8, 4) is 11.5 Å². The summed E-state index contributed by atoms with van der Waals surface area (Å²) in [6, 6.07) is 33.2. The van der Waals surface area contributed by atoms with Crippen molar-refractivity contribution in [2.24, 2.45) is 58.2 Å². The Bertz CT molecular complexity index is 3700. The summed E-state index contributed by atoms with van der Waals surface area (Å²) >= 11 is 14.8. The lowest BCUT2D eigenvalue weighted by atomic mass is 9.44. The van der Waals surface area contributed by atoms with Crippen LogP contribution < -0.4 is 9.47 Å². The zero-order valence-electron chi connectivity index (χ0n) is 57.4. The second kappa shape index (κ2) is 32.2. The van der Waals surface area contributed by atoms with Crippen LogP contribution in [0.5, 0.6) is 11.5 Å². The van der Waals surface area contributed by atoms with Crippen molar-refractivity contribution in [1.29, 1.82) is 0 Å². The number of allylic oxidation sites excluding steroid dienone is 1. The maximum Gasteiger partial charge on any atom is 0.342 e. The van der Waals surface area contributed by atoms with E-state index in [2.05, 4.69) is 40.7 Å². The standard InChI is InChI=1S/C81H92Cl2O14/c1-49(2)16-10-17-50(3)67-30-31-68-64-29-28-62-40-51(32-34-80(62,4)69(64)33-35-81(67,68)5)18-15-27-63(60-41-65(78(88)96-47-54-21-13-25-58(38-54)76(86)92-8)72(70(82)43-60)94-45-52-19-11-23-56(36-52)74(84)90-6)61-42-66(79(89)97-48-55-22-14-26-59(39-55)77(87)93-9)73(71(83)44-61)95-46-53-20-12-24-57(37-53)75(85)91-7/h11-14,19-27,36-39,41-44,49-51,62,64,67-69H,10,15-18,28-35,40,45-48H2,1-9H3/t50-,51+,62?,64+,67-,68+,69+,80+,81-/m1/s1. The van der Waals surface area contributed by atoms with Crippen LogP contribution in [0.4, 0.5) is 0 Å². The predicted molar refractivity (Wildman–Crippen MR) is 374 cm³/mol. The minimum Gasteiger partial charge on any atom is -0.486 e. The van der Waals surface area contributed by atoms with Gasteiger partial charge in [0.15, 0.2) is 11.5 Å². The van der Waals surface area contributed by atoms with E-state index in [-0.39, 0.29) is 70.2 Å². The number of esters is 6. The summed E-state index contributed by atoms with van der Waals surface area (Å²) in [7, 11) is 5.17. The van der Waals surface area contributed by atoms with E-state index in [1.807, 2.05) is 0 Å². The predicted octanol–water partition coefficient (Wildman–Crippen LogP) is 19.0. The van der Waals surface area contributed by atoms with Crippen LogP contribution in [0.15, 0.2) is 127 Å². The van der Waals surface area contributed by atoms with Crippen molar-refractivity contribution in [1.82, 2.24) is 0 Å². The Morgan fingerprint density at radius 3 is 1.39 bits per heavy atom. The molecule has 0 aliphatic heterocycles. The first-order valence-corrected chi connectivity index (χ1v) is 35.1. The first-order chi connectivity index (χ1) is 46.6. The second-order valence-electron chi connectivity index (χ2n) is 28.2. The molecule has 6 aromatic carbocycles. The number of rotatable bonds is 26. The van der Waals surface area contributed by atoms with Gasteiger partial charge in [-0.25, -0.2) is 28.8 Å². The molecule has 0 N–H and O–H groups in total. The van der Waals surface area contributed by atoms with Crippen molar-refractivity contribution in [2.75, 3.05) is 28.4 Å². The zero-order valence-corrected chi connectivity index (χ0v) is 59.0. The number of halogens is 2. The minimum atomic E-state index is -0.801. The molecule has 4 aliphatic carbocycles. The number of carbonyl (C=O) groups is 6. The summed E-state index contributed by atoms with van der Waals surface area (Å²) in [5.41, 5.74) is 5.50. The fourth-order valence-electron chi connectivity index (χ4n) is 17.0. The maximum atomic E-state index is 14.9. The average Bonchev–Trinajstić information content (AvgIpc) is 1.69. The van der Waals surface area contributed by atoms with Gasteiger partial charge in [-0.1, -0.05) is 132 Å². The molecular weight excluding hydrogens is 1270 g/mol. The highest BCUT2D eigenvalue weighted by molar-refractivity contribution is 6.33. The number of carbonyl (C=O) groups excluding carboxylic acids is 6. The van der Waals surface area contributed by atoms with Gasteiger partial charge in [0.05, 0.1) is 60.7 Å². The smallest absolute Gasteiger partial charge is 0.342 e. The SMILES string of the molecule is COC(=O)c1cccc(COC(=O)c2cc(C(=CCC[C@H]3CC[C@@]4(C)C(CC[C@H]5[C@@H]6CC[C@H]([C@H](C)CCCC(C)C)[C@@]6(C)CC[C@@H]54)C3)c3cc(Cl)c(OCc4cccc(C(=O)OC)c4)c(C(=O)OCc4cccc(C(=O)OC)c4)c3)cc(Cl)c2OCc2cccc(C(=O)OC)c2)c1. The Hall–Kier alpha value is -7.94. The fraction of sp³-hybridized carbons (Fsp3) is 0.457. The van der Waals surface area contributed by atoms with Crippen LogP contribution >= 0.6 is 23.2 Å². The molecular formula is C81H92Cl2O14. The molecule has 0 radical (unpaired) electrons. The molecule has 6 aromatic rings. The van der Waals surface area contributed by atoms with Crippen molar-refractivity contribution >= 4 is 64.6 Å². The maximum absolute atomic E-state index is 14.9. The lowest BCUT2D eigenvalue weighted by Gasteiger charge is -2.61. The monoisotopic (exact) mass is 1360 g/mol. The number of hydrogen-bond donors (Lipinski definition) is 0. The van der Waals surface area contributed by atoms with Gasteiger partial charge in [-0.3, -0.25) is 0 Å². The molecule has 10 rings (SSSR count). The lowest BCUT2D eigenvalue weighted by molar-refractivity contribution is -0.121. The second-order valence-corrected chi connectivity index (χ2v) is 29.0. The van der Waals surface area contributed by atoms with Crippen LogP contribution in [0.1, 0.15) is 220 Å². The highest BCUT2D eigenvalue weighted by atomic mass is 35.5. The van der Waals surface area contributed by atoms with E-state index in [0.717, 1.165) is 54.8 Å². The number of methoxy groups -OCH3 is 4. The highest BCUT2D eigenvalue weighted by Gasteiger charge is 2.60. The third-order valence-electron chi connectivity index (χ3n) is 21.9. The van der Waals surface area contributed by atoms with Crippen molar-refractivity contribution in [3.63, 3.8) is 0 Å². The summed E-state index contributed by atoms with van der Waals surface area (Å²) in [6.07, 6.45) is 19.1. The Balaban J connectivity index is 1.00. The molecule has 4 fully saturated rings. The van der Waals surface area contributed by atoms with Gasteiger partial charge in [-0.15, -0.1) is 0 Å². The Morgan fingerprint density at radius 2 is 0.938 bits per heavy atom. The van der Waals surface area contributed by atoms with Crippen molar-refractivity contribution in [2.45, 2.75) is 151 Å². The lowest BCUT2D eigenvalue weighted by Crippen LogP contribution is -2.53. The quantitative estimate of drug-likeness (QED) is 0.0370. The van der Waals surface area contributed by atoms with E-state index in [0.29, 0.717) is 79.2 Å². The van der Waals surface area contributed by atoms with Crippen LogP contribution in [0.25, 0.3) is 5.57 Å². The Labute approximate surface area is 581 Å². The largest absolute Gasteiger partial charge is 0.486 e. The van der Waals surface area contributed by atoms with E-state index in [1.54, 1.807) is 121 Å². The molecule has 16 heteroatoms. The first kappa shape index (κ1) is 71.8. The number of fused-ring (bicyclic) bond motifs is 5. The van der Waals surface area contributed by atoms with Crippen molar-refractivity contribution in [3.05, 3.63) is 204 Å². The molecule has 514 valence electrons. The van der Waals surface area contributed by atoms with Crippen LogP contribution in [0.2, 0.25) is 10.0 Å². The molecule has 0 amide bonds. The highest BCUT2D eigenvalue weighted by Crippen LogP contribution is 2.69. The minimum absolute atomic E-state index is 0.00195. The topological polar surface area (TPSA) is 176 Å². The molecule has 97 heavy (non-hydrogen) atoms. The van der Waals surface area contributed by atoms with Gasteiger partial charge >= 0.3 is 35.8 Å².